The summed E-state index contributed by atoms with van der Waals surface area (Å²) in [7, 11) is 5.02. The molecule has 1 saturated heterocycles. The highest BCUT2D eigenvalue weighted by Crippen LogP contribution is 2.37. The van der Waals surface area contributed by atoms with Gasteiger partial charge in [-0.15, -0.1) is 0 Å². The maximum atomic E-state index is 12.8. The first-order chi connectivity index (χ1) is 11.9. The highest BCUT2D eigenvalue weighted by molar-refractivity contribution is 7.13. The van der Waals surface area contributed by atoms with Gasteiger partial charge in [0.05, 0.1) is 0 Å². The first-order valence-electron chi connectivity index (χ1n) is 9.41. The Morgan fingerprint density at radius 2 is 1.65 bits per heavy atom. The molecule has 2 amide bonds. The molecule has 0 bridgehead atoms. The third-order valence-electron chi connectivity index (χ3n) is 5.23. The van der Waals surface area contributed by atoms with Gasteiger partial charge in [0.2, 0.25) is 11.8 Å². The second-order valence-electron chi connectivity index (χ2n) is 9.36. The van der Waals surface area contributed by atoms with Gasteiger partial charge in [-0.2, -0.15) is 0 Å². The maximum Gasteiger partial charge on any atom is 0.243 e. The van der Waals surface area contributed by atoms with Crippen LogP contribution >= 0.6 is 18.8 Å². The average molecular weight is 404 g/mol. The van der Waals surface area contributed by atoms with E-state index in [1.807, 2.05) is 6.92 Å². The largest absolute Gasteiger partial charge is 0.342 e. The standard InChI is InChI=1S/C18H38N4O2P2/c1-11(8-19-25)7-12(2)13-15(23)22-14(16(24)21-13)18(5,6)9-17(3,4)10-20-26/h11-14,19-20H,7-10,25-26H2,1-6H3,(H,21,24)(H,22,23). The van der Waals surface area contributed by atoms with Crippen molar-refractivity contribution in [3.05, 3.63) is 0 Å². The van der Waals surface area contributed by atoms with Gasteiger partial charge in [0.25, 0.3) is 0 Å². The van der Waals surface area contributed by atoms with Crippen LogP contribution in [0.2, 0.25) is 0 Å². The maximum absolute atomic E-state index is 12.8. The van der Waals surface area contributed by atoms with E-state index in [9.17, 15) is 9.59 Å². The number of hydrogen-bond acceptors (Lipinski definition) is 4. The SMILES string of the molecule is CC(CNP)CC(C)C1NC(=O)C(C(C)(C)CC(C)(C)CNP)NC1=O. The van der Waals surface area contributed by atoms with Gasteiger partial charge in [-0.05, 0) is 35.5 Å². The van der Waals surface area contributed by atoms with Crippen LogP contribution in [0, 0.1) is 22.7 Å². The number of carbonyl (C=O) groups excluding carboxylic acids is 2. The van der Waals surface area contributed by atoms with E-state index in [2.05, 4.69) is 74.2 Å². The molecule has 6 atom stereocenters. The van der Waals surface area contributed by atoms with Gasteiger partial charge >= 0.3 is 0 Å². The second kappa shape index (κ2) is 9.78. The van der Waals surface area contributed by atoms with Crippen LogP contribution in [0.15, 0.2) is 0 Å². The summed E-state index contributed by atoms with van der Waals surface area (Å²) in [6.07, 6.45) is 1.69. The summed E-state index contributed by atoms with van der Waals surface area (Å²) >= 11 is 0. The van der Waals surface area contributed by atoms with Crippen LogP contribution in [0.25, 0.3) is 0 Å². The van der Waals surface area contributed by atoms with Crippen molar-refractivity contribution in [2.24, 2.45) is 22.7 Å². The summed E-state index contributed by atoms with van der Waals surface area (Å²) in [5.74, 6) is 0.386. The molecule has 1 rings (SSSR count). The monoisotopic (exact) mass is 404 g/mol. The third kappa shape index (κ3) is 6.71. The third-order valence-corrected chi connectivity index (χ3v) is 5.67. The summed E-state index contributed by atoms with van der Waals surface area (Å²) in [6.45, 7) is 14.3. The number of rotatable bonds is 10. The molecule has 1 fully saturated rings. The summed E-state index contributed by atoms with van der Waals surface area (Å²) in [5, 5.41) is 12.2. The zero-order chi connectivity index (χ0) is 20.1. The Labute approximate surface area is 163 Å². The van der Waals surface area contributed by atoms with Crippen LogP contribution in [0.1, 0.15) is 54.4 Å². The van der Waals surface area contributed by atoms with E-state index in [-0.39, 0.29) is 28.6 Å². The predicted molar refractivity (Wildman–Crippen MR) is 114 cm³/mol. The van der Waals surface area contributed by atoms with E-state index in [1.54, 1.807) is 0 Å². The molecule has 0 spiro atoms. The predicted octanol–water partition coefficient (Wildman–Crippen LogP) is 1.83. The Morgan fingerprint density at radius 3 is 2.19 bits per heavy atom. The zero-order valence-electron chi connectivity index (χ0n) is 17.1. The Morgan fingerprint density at radius 1 is 1.04 bits per heavy atom. The van der Waals surface area contributed by atoms with Gasteiger partial charge in [0.15, 0.2) is 0 Å². The molecular weight excluding hydrogens is 366 g/mol. The summed E-state index contributed by atoms with van der Waals surface area (Å²) in [6, 6.07) is -0.961. The van der Waals surface area contributed by atoms with Crippen molar-refractivity contribution < 1.29 is 9.59 Å². The van der Waals surface area contributed by atoms with E-state index in [4.69, 9.17) is 0 Å². The molecule has 0 saturated carbocycles. The van der Waals surface area contributed by atoms with Crippen molar-refractivity contribution in [1.82, 2.24) is 20.8 Å². The fourth-order valence-corrected chi connectivity index (χ4v) is 5.24. The lowest BCUT2D eigenvalue weighted by Crippen LogP contribution is -2.67. The Hall–Kier alpha value is -0.280. The molecule has 6 unspecified atom stereocenters. The van der Waals surface area contributed by atoms with E-state index < -0.39 is 12.1 Å². The minimum absolute atomic E-state index is 0.0149. The van der Waals surface area contributed by atoms with Crippen molar-refractivity contribution in [2.75, 3.05) is 13.1 Å². The minimum Gasteiger partial charge on any atom is -0.342 e. The number of amides is 2. The Kier molecular flexibility index (Phi) is 8.93. The van der Waals surface area contributed by atoms with Crippen molar-refractivity contribution in [3.63, 3.8) is 0 Å². The molecule has 1 aliphatic rings. The van der Waals surface area contributed by atoms with Crippen LogP contribution in [-0.2, 0) is 9.59 Å². The first kappa shape index (κ1) is 23.8. The molecule has 1 aliphatic heterocycles. The lowest BCUT2D eigenvalue weighted by Gasteiger charge is -2.43. The number of carbonyl (C=O) groups is 2. The molecule has 0 aliphatic carbocycles. The number of nitrogens with one attached hydrogen (secondary N) is 4. The topological polar surface area (TPSA) is 82.3 Å². The zero-order valence-corrected chi connectivity index (χ0v) is 19.4. The van der Waals surface area contributed by atoms with Gasteiger partial charge in [0.1, 0.15) is 12.1 Å². The minimum atomic E-state index is -0.506. The van der Waals surface area contributed by atoms with E-state index >= 15 is 0 Å². The van der Waals surface area contributed by atoms with Crippen LogP contribution in [0.3, 0.4) is 0 Å². The molecule has 0 aromatic carbocycles. The van der Waals surface area contributed by atoms with Gasteiger partial charge in [0, 0.05) is 13.1 Å². The van der Waals surface area contributed by atoms with Crippen LogP contribution in [-0.4, -0.2) is 37.0 Å². The average Bonchev–Trinajstić information content (AvgIpc) is 2.47. The quantitative estimate of drug-likeness (QED) is 0.419. The lowest BCUT2D eigenvalue weighted by molar-refractivity contribution is -0.141. The Balaban J connectivity index is 2.78. The highest BCUT2D eigenvalue weighted by atomic mass is 31.0. The van der Waals surface area contributed by atoms with Crippen LogP contribution in [0.4, 0.5) is 0 Å². The van der Waals surface area contributed by atoms with Crippen LogP contribution < -0.4 is 20.8 Å². The van der Waals surface area contributed by atoms with Gasteiger partial charge in [-0.3, -0.25) is 9.59 Å². The van der Waals surface area contributed by atoms with E-state index in [1.165, 1.54) is 0 Å². The fourth-order valence-electron chi connectivity index (χ4n) is 4.28. The Bertz CT molecular complexity index is 500. The van der Waals surface area contributed by atoms with Gasteiger partial charge in [-0.1, -0.05) is 60.3 Å². The molecule has 152 valence electrons. The van der Waals surface area contributed by atoms with Crippen molar-refractivity contribution >= 4 is 30.6 Å². The highest BCUT2D eigenvalue weighted by Gasteiger charge is 2.45. The van der Waals surface area contributed by atoms with Crippen molar-refractivity contribution in [2.45, 2.75) is 66.5 Å². The summed E-state index contributed by atoms with van der Waals surface area (Å²) in [4.78, 5) is 25.5. The molecule has 0 aromatic rings. The van der Waals surface area contributed by atoms with Gasteiger partial charge < -0.3 is 20.8 Å². The number of piperazine rings is 1. The molecule has 1 heterocycles. The fraction of sp³-hybridized carbons (Fsp3) is 0.889. The molecule has 6 nitrogen and oxygen atoms in total. The smallest absolute Gasteiger partial charge is 0.243 e. The number of hydrogen-bond donors (Lipinski definition) is 4. The normalized spacial score (nSPS) is 24.0. The van der Waals surface area contributed by atoms with Crippen molar-refractivity contribution in [1.29, 1.82) is 0 Å². The lowest BCUT2D eigenvalue weighted by atomic mass is 9.70. The van der Waals surface area contributed by atoms with Crippen molar-refractivity contribution in [3.8, 4) is 0 Å². The van der Waals surface area contributed by atoms with Crippen LogP contribution in [0.5, 0.6) is 0 Å². The molecular formula is C18H38N4O2P2. The molecule has 0 radical (unpaired) electrons. The second-order valence-corrected chi connectivity index (χ2v) is 10.2. The van der Waals surface area contributed by atoms with E-state index in [0.29, 0.717) is 5.92 Å². The summed E-state index contributed by atoms with van der Waals surface area (Å²) in [5.41, 5.74) is -0.323. The molecule has 8 heteroatoms. The molecule has 26 heavy (non-hydrogen) atoms. The van der Waals surface area contributed by atoms with E-state index in [0.717, 1.165) is 25.9 Å². The molecule has 4 N–H and O–H groups in total. The first-order valence-corrected chi connectivity index (χ1v) is 10.6. The summed E-state index contributed by atoms with van der Waals surface area (Å²) < 4.78 is 0. The molecule has 0 aromatic heterocycles. The van der Waals surface area contributed by atoms with Gasteiger partial charge in [-0.25, -0.2) is 0 Å².